The second-order valence-corrected chi connectivity index (χ2v) is 17.8. The highest BCUT2D eigenvalue weighted by Crippen LogP contribution is 2.43. The molecule has 3 atom stereocenters. The average Bonchev–Trinajstić information content (AvgIpc) is 3.50. The molecule has 0 unspecified atom stereocenters. The van der Waals surface area contributed by atoms with Crippen LogP contribution in [-0.2, 0) is 12.0 Å². The van der Waals surface area contributed by atoms with Gasteiger partial charge in [0.25, 0.3) is 0 Å². The summed E-state index contributed by atoms with van der Waals surface area (Å²) in [6.07, 6.45) is 11.7. The minimum absolute atomic E-state index is 0.273. The topological polar surface area (TPSA) is 40.4 Å². The molecule has 0 amide bonds. The Morgan fingerprint density at radius 2 is 1.97 bits per heavy atom. The van der Waals surface area contributed by atoms with E-state index in [0.29, 0.717) is 12.1 Å². The number of aryl methyl sites for hydroxylation is 1. The number of fused-ring (bicyclic) bond motifs is 2. The molecule has 5 heteroatoms. The zero-order valence-electron chi connectivity index (χ0n) is 21.6. The molecule has 2 N–H and O–H groups in total. The maximum absolute atomic E-state index is 11.8. The molecule has 4 heterocycles. The molecule has 1 aromatic heterocycles. The Bertz CT molecular complexity index is 1000. The van der Waals surface area contributed by atoms with Crippen LogP contribution in [0.15, 0.2) is 24.4 Å². The van der Waals surface area contributed by atoms with Crippen LogP contribution in [0, 0.1) is 0 Å². The minimum Gasteiger partial charge on any atom is -0.385 e. The number of nitrogens with one attached hydrogen (secondary N) is 1. The number of hydrogen-bond donors (Lipinski definition) is 2. The van der Waals surface area contributed by atoms with Gasteiger partial charge in [0.1, 0.15) is 0 Å². The van der Waals surface area contributed by atoms with E-state index in [1.165, 1.54) is 61.7 Å². The van der Waals surface area contributed by atoms with E-state index in [1.807, 2.05) is 0 Å². The molecule has 0 aliphatic carbocycles. The van der Waals surface area contributed by atoms with Crippen molar-refractivity contribution < 1.29 is 5.11 Å². The number of aromatic nitrogens is 1. The zero-order chi connectivity index (χ0) is 23.4. The van der Waals surface area contributed by atoms with E-state index >= 15 is 0 Å². The van der Waals surface area contributed by atoms with E-state index in [2.05, 4.69) is 72.7 Å². The van der Waals surface area contributed by atoms with Gasteiger partial charge in [-0.3, -0.25) is 0 Å². The molecule has 0 bridgehead atoms. The Morgan fingerprint density at radius 1 is 1.15 bits per heavy atom. The highest BCUT2D eigenvalue weighted by atomic mass is 28.3. The first kappa shape index (κ1) is 23.6. The molecule has 4 nitrogen and oxygen atoms in total. The average molecular weight is 468 g/mol. The predicted molar refractivity (Wildman–Crippen MR) is 142 cm³/mol. The third kappa shape index (κ3) is 4.24. The number of rotatable bonds is 5. The second-order valence-electron chi connectivity index (χ2n) is 12.7. The lowest BCUT2D eigenvalue weighted by atomic mass is 9.80. The van der Waals surface area contributed by atoms with E-state index < -0.39 is 13.8 Å². The molecule has 3 saturated heterocycles. The van der Waals surface area contributed by atoms with Gasteiger partial charge in [-0.2, -0.15) is 0 Å². The fraction of sp³-hybridized carbons (Fsp3) is 0.714. The molecule has 0 radical (unpaired) electrons. The van der Waals surface area contributed by atoms with Crippen molar-refractivity contribution in [3.05, 3.63) is 35.5 Å². The normalized spacial score (nSPS) is 29.2. The van der Waals surface area contributed by atoms with Crippen molar-refractivity contribution in [2.75, 3.05) is 19.6 Å². The van der Waals surface area contributed by atoms with Gasteiger partial charge in [0.15, 0.2) is 8.24 Å². The van der Waals surface area contributed by atoms with Crippen LogP contribution in [0.2, 0.25) is 18.1 Å². The van der Waals surface area contributed by atoms with Crippen LogP contribution in [0.25, 0.3) is 10.9 Å². The first-order chi connectivity index (χ1) is 15.6. The lowest BCUT2D eigenvalue weighted by Crippen LogP contribution is -2.46. The van der Waals surface area contributed by atoms with Crippen molar-refractivity contribution in [1.82, 2.24) is 14.4 Å². The summed E-state index contributed by atoms with van der Waals surface area (Å²) in [5.41, 5.74) is 3.33. The Kier molecular flexibility index (Phi) is 6.08. The van der Waals surface area contributed by atoms with Gasteiger partial charge in [-0.1, -0.05) is 39.9 Å². The van der Waals surface area contributed by atoms with Crippen LogP contribution in [-0.4, -0.2) is 54.2 Å². The Labute approximate surface area is 201 Å². The number of piperidine rings is 1. The molecular formula is C28H45N3OSi. The highest BCUT2D eigenvalue weighted by molar-refractivity contribution is 6.79. The molecule has 0 saturated carbocycles. The number of hydrogen-bond acceptors (Lipinski definition) is 3. The van der Waals surface area contributed by atoms with Crippen LogP contribution in [0.5, 0.6) is 0 Å². The van der Waals surface area contributed by atoms with Gasteiger partial charge < -0.3 is 19.6 Å². The van der Waals surface area contributed by atoms with Gasteiger partial charge >= 0.3 is 0 Å². The van der Waals surface area contributed by atoms with E-state index in [9.17, 15) is 5.11 Å². The lowest BCUT2D eigenvalue weighted by Gasteiger charge is -2.41. The van der Waals surface area contributed by atoms with Crippen LogP contribution in [0.1, 0.15) is 76.8 Å². The summed E-state index contributed by atoms with van der Waals surface area (Å²) in [5.74, 6) is 0. The first-order valence-corrected chi connectivity index (χ1v) is 16.4. The standard InChI is InChI=1S/C28H45N3OSi/c1-27(2,3)33(4,5)31-20-21(10-12-23-8-6-15-29-23)25-18-22(11-13-26(25)31)28(32)14-17-30-16-7-9-24(30)19-28/h11,13,18,20,23-24,29,32H,6-10,12,14-17,19H2,1-5H3/t23-,24-,28+/m0/s1. The number of nitrogens with zero attached hydrogens (tertiary/aromatic N) is 2. The van der Waals surface area contributed by atoms with Crippen molar-refractivity contribution in [1.29, 1.82) is 0 Å². The molecule has 2 aromatic rings. The molecule has 0 spiro atoms. The van der Waals surface area contributed by atoms with Crippen molar-refractivity contribution in [3.63, 3.8) is 0 Å². The van der Waals surface area contributed by atoms with Gasteiger partial charge in [-0.15, -0.1) is 0 Å². The maximum atomic E-state index is 11.8. The fourth-order valence-electron chi connectivity index (χ4n) is 6.45. The SMILES string of the molecule is CC(C)(C)[Si](C)(C)n1cc(CC[C@@H]2CCCN2)c2cc([C@@]3(O)CCN4CCC[C@H]4C3)ccc21. The van der Waals surface area contributed by atoms with Gasteiger partial charge in [0, 0.05) is 29.5 Å². The van der Waals surface area contributed by atoms with Crippen LogP contribution in [0.4, 0.5) is 0 Å². The van der Waals surface area contributed by atoms with Crippen molar-refractivity contribution in [2.24, 2.45) is 0 Å². The van der Waals surface area contributed by atoms with Crippen molar-refractivity contribution in [2.45, 2.75) is 108 Å². The number of aliphatic hydroxyl groups is 1. The summed E-state index contributed by atoms with van der Waals surface area (Å²) in [6.45, 7) is 15.6. The Hall–Kier alpha value is -1.14. The third-order valence-corrected chi connectivity index (χ3v) is 14.9. The van der Waals surface area contributed by atoms with Crippen molar-refractivity contribution >= 4 is 19.1 Å². The van der Waals surface area contributed by atoms with Gasteiger partial charge in [0.2, 0.25) is 0 Å². The maximum Gasteiger partial charge on any atom is 0.161 e. The Morgan fingerprint density at radius 3 is 2.70 bits per heavy atom. The van der Waals surface area contributed by atoms with E-state index in [1.54, 1.807) is 0 Å². The van der Waals surface area contributed by atoms with Gasteiger partial charge in [-0.25, -0.2) is 0 Å². The summed E-state index contributed by atoms with van der Waals surface area (Å²) in [7, 11) is -1.75. The molecular weight excluding hydrogens is 422 g/mol. The molecule has 33 heavy (non-hydrogen) atoms. The summed E-state index contributed by atoms with van der Waals surface area (Å²) in [5, 5.41) is 17.1. The van der Waals surface area contributed by atoms with Crippen molar-refractivity contribution in [3.8, 4) is 0 Å². The van der Waals surface area contributed by atoms with E-state index in [-0.39, 0.29) is 5.04 Å². The molecule has 5 rings (SSSR count). The lowest BCUT2D eigenvalue weighted by molar-refractivity contribution is -0.0408. The zero-order valence-corrected chi connectivity index (χ0v) is 22.6. The number of benzene rings is 1. The van der Waals surface area contributed by atoms with Crippen LogP contribution in [0.3, 0.4) is 0 Å². The molecule has 3 aliphatic heterocycles. The fourth-order valence-corrected chi connectivity index (χ4v) is 8.45. The summed E-state index contributed by atoms with van der Waals surface area (Å²) in [4.78, 5) is 2.60. The summed E-state index contributed by atoms with van der Waals surface area (Å²) < 4.78 is 2.66. The molecule has 3 aliphatic rings. The minimum atomic E-state index is -1.75. The first-order valence-electron chi connectivity index (χ1n) is 13.4. The second kappa shape index (κ2) is 8.51. The molecule has 182 valence electrons. The monoisotopic (exact) mass is 467 g/mol. The van der Waals surface area contributed by atoms with E-state index in [0.717, 1.165) is 31.4 Å². The molecule has 3 fully saturated rings. The van der Waals surface area contributed by atoms with E-state index in [4.69, 9.17) is 0 Å². The highest BCUT2D eigenvalue weighted by Gasteiger charge is 2.42. The van der Waals surface area contributed by atoms with Crippen LogP contribution >= 0.6 is 0 Å². The van der Waals surface area contributed by atoms with Crippen LogP contribution < -0.4 is 5.32 Å². The largest absolute Gasteiger partial charge is 0.385 e. The quantitative estimate of drug-likeness (QED) is 0.560. The smallest absolute Gasteiger partial charge is 0.161 e. The van der Waals surface area contributed by atoms with Gasteiger partial charge in [0.05, 0.1) is 5.60 Å². The third-order valence-electron chi connectivity index (χ3n) is 9.67. The summed E-state index contributed by atoms with van der Waals surface area (Å²) in [6, 6.07) is 8.18. The predicted octanol–water partition coefficient (Wildman–Crippen LogP) is 5.63. The Balaban J connectivity index is 1.53. The summed E-state index contributed by atoms with van der Waals surface area (Å²) >= 11 is 0. The van der Waals surface area contributed by atoms with Gasteiger partial charge in [-0.05, 0) is 99.0 Å². The molecule has 1 aromatic carbocycles.